The van der Waals surface area contributed by atoms with Gasteiger partial charge in [0.15, 0.2) is 11.2 Å². The van der Waals surface area contributed by atoms with Gasteiger partial charge in [-0.05, 0) is 26.2 Å². The summed E-state index contributed by atoms with van der Waals surface area (Å²) in [5.41, 5.74) is 1.44. The molecule has 116 valence electrons. The Morgan fingerprint density at radius 2 is 2.05 bits per heavy atom. The van der Waals surface area contributed by atoms with Crippen molar-refractivity contribution in [2.75, 3.05) is 20.8 Å². The highest BCUT2D eigenvalue weighted by molar-refractivity contribution is 6.20. The van der Waals surface area contributed by atoms with Gasteiger partial charge in [-0.1, -0.05) is 0 Å². The smallest absolute Gasteiger partial charge is 0.245 e. The average molecular weight is 313 g/mol. The molecule has 2 aromatic rings. The molecule has 2 heterocycles. The van der Waals surface area contributed by atoms with E-state index in [9.17, 15) is 0 Å². The number of hydrogen-bond donors (Lipinski definition) is 0. The van der Waals surface area contributed by atoms with Gasteiger partial charge in [0.25, 0.3) is 0 Å². The lowest BCUT2D eigenvalue weighted by molar-refractivity contribution is 0.191. The minimum atomic E-state index is -0.192. The molecule has 0 aliphatic carbocycles. The number of imidazole rings is 1. The van der Waals surface area contributed by atoms with Crippen LogP contribution in [-0.4, -0.2) is 40.3 Å². The molecule has 0 fully saturated rings. The van der Waals surface area contributed by atoms with Gasteiger partial charge >= 0.3 is 0 Å². The van der Waals surface area contributed by atoms with Crippen molar-refractivity contribution in [3.05, 3.63) is 12.2 Å². The third-order valence-corrected chi connectivity index (χ3v) is 3.50. The lowest BCUT2D eigenvalue weighted by Gasteiger charge is -2.09. The van der Waals surface area contributed by atoms with Gasteiger partial charge in [-0.3, -0.25) is 0 Å². The van der Waals surface area contributed by atoms with Crippen molar-refractivity contribution in [3.63, 3.8) is 0 Å². The van der Waals surface area contributed by atoms with Gasteiger partial charge in [-0.2, -0.15) is 4.98 Å². The highest BCUT2D eigenvalue weighted by atomic mass is 35.5. The van der Waals surface area contributed by atoms with Gasteiger partial charge in [-0.25, -0.2) is 9.97 Å². The lowest BCUT2D eigenvalue weighted by Crippen LogP contribution is -2.06. The van der Waals surface area contributed by atoms with E-state index in [1.165, 1.54) is 6.33 Å². The zero-order chi connectivity index (χ0) is 15.2. The summed E-state index contributed by atoms with van der Waals surface area (Å²) < 4.78 is 12.4. The summed E-state index contributed by atoms with van der Waals surface area (Å²) in [6.45, 7) is 3.52. The van der Waals surface area contributed by atoms with E-state index in [1.54, 1.807) is 14.2 Å². The van der Waals surface area contributed by atoms with E-state index in [0.29, 0.717) is 11.4 Å². The van der Waals surface area contributed by atoms with Crippen LogP contribution < -0.4 is 4.74 Å². The van der Waals surface area contributed by atoms with Crippen molar-refractivity contribution < 1.29 is 9.47 Å². The topological polar surface area (TPSA) is 62.1 Å². The first-order valence-corrected chi connectivity index (χ1v) is 7.50. The van der Waals surface area contributed by atoms with E-state index in [-0.39, 0.29) is 5.38 Å². The van der Waals surface area contributed by atoms with Crippen LogP contribution >= 0.6 is 11.6 Å². The molecule has 1 unspecified atom stereocenters. The summed E-state index contributed by atoms with van der Waals surface area (Å²) in [6.07, 6.45) is 4.66. The molecule has 6 nitrogen and oxygen atoms in total. The third-order valence-electron chi connectivity index (χ3n) is 3.31. The quantitative estimate of drug-likeness (QED) is 0.554. The summed E-state index contributed by atoms with van der Waals surface area (Å²) in [7, 11) is 3.30. The monoisotopic (exact) mass is 312 g/mol. The highest BCUT2D eigenvalue weighted by Crippen LogP contribution is 2.27. The number of aryl methyl sites for hydroxylation is 1. The molecule has 0 amide bonds. The van der Waals surface area contributed by atoms with Crippen molar-refractivity contribution >= 4 is 22.8 Å². The molecule has 0 bridgehead atoms. The molecule has 2 rings (SSSR count). The van der Waals surface area contributed by atoms with Gasteiger partial charge in [0.05, 0.1) is 12.5 Å². The van der Waals surface area contributed by atoms with Crippen LogP contribution in [0.1, 0.15) is 37.4 Å². The fourth-order valence-electron chi connectivity index (χ4n) is 2.30. The number of aromatic nitrogens is 4. The van der Waals surface area contributed by atoms with Crippen LogP contribution in [0, 0.1) is 0 Å². The maximum atomic E-state index is 6.25. The molecule has 0 spiro atoms. The molecular weight excluding hydrogens is 292 g/mol. The second-order valence-electron chi connectivity index (χ2n) is 4.85. The van der Waals surface area contributed by atoms with Gasteiger partial charge in [0.2, 0.25) is 5.88 Å². The number of fused-ring (bicyclic) bond motifs is 1. The minimum Gasteiger partial charge on any atom is -0.479 e. The number of methoxy groups -OCH3 is 2. The number of ether oxygens (including phenoxy) is 2. The lowest BCUT2D eigenvalue weighted by atomic mass is 10.2. The molecule has 0 radical (unpaired) electrons. The van der Waals surface area contributed by atoms with Crippen LogP contribution in [0.5, 0.6) is 5.88 Å². The zero-order valence-electron chi connectivity index (χ0n) is 12.7. The van der Waals surface area contributed by atoms with Gasteiger partial charge in [-0.15, -0.1) is 11.6 Å². The largest absolute Gasteiger partial charge is 0.479 e. The Labute approximate surface area is 129 Å². The predicted octanol–water partition coefficient (Wildman–Crippen LogP) is 2.95. The van der Waals surface area contributed by atoms with E-state index in [2.05, 4.69) is 19.5 Å². The fourth-order valence-corrected chi connectivity index (χ4v) is 2.47. The molecule has 2 aromatic heterocycles. The number of rotatable bonds is 8. The fraction of sp³-hybridized carbons (Fsp3) is 0.643. The molecule has 0 saturated carbocycles. The first-order chi connectivity index (χ1) is 10.2. The SMILES string of the molecule is COCCCCCn1c(C(C)Cl)nc2c(OC)ncnc21. The average Bonchev–Trinajstić information content (AvgIpc) is 2.86. The number of nitrogens with zero attached hydrogens (tertiary/aromatic N) is 4. The molecule has 0 N–H and O–H groups in total. The normalized spacial score (nSPS) is 12.8. The highest BCUT2D eigenvalue weighted by Gasteiger charge is 2.18. The first kappa shape index (κ1) is 16.0. The van der Waals surface area contributed by atoms with Crippen molar-refractivity contribution in [1.29, 1.82) is 0 Å². The predicted molar refractivity (Wildman–Crippen MR) is 81.9 cm³/mol. The van der Waals surface area contributed by atoms with Crippen LogP contribution in [-0.2, 0) is 11.3 Å². The Morgan fingerprint density at radius 3 is 2.71 bits per heavy atom. The minimum absolute atomic E-state index is 0.192. The van der Waals surface area contributed by atoms with Gasteiger partial charge in [0.1, 0.15) is 12.2 Å². The molecule has 7 heteroatoms. The molecule has 0 aliphatic heterocycles. The van der Waals surface area contributed by atoms with E-state index in [0.717, 1.165) is 43.9 Å². The van der Waals surface area contributed by atoms with Gasteiger partial charge < -0.3 is 14.0 Å². The zero-order valence-corrected chi connectivity index (χ0v) is 13.4. The summed E-state index contributed by atoms with van der Waals surface area (Å²) >= 11 is 6.25. The summed E-state index contributed by atoms with van der Waals surface area (Å²) in [6, 6.07) is 0. The van der Waals surface area contributed by atoms with Crippen LogP contribution in [0.3, 0.4) is 0 Å². The molecule has 21 heavy (non-hydrogen) atoms. The van der Waals surface area contributed by atoms with Gasteiger partial charge in [0, 0.05) is 20.3 Å². The second kappa shape index (κ2) is 7.56. The molecule has 0 aliphatic rings. The third kappa shape index (κ3) is 3.63. The van der Waals surface area contributed by atoms with E-state index in [4.69, 9.17) is 21.1 Å². The Bertz CT molecular complexity index is 586. The van der Waals surface area contributed by atoms with Crippen LogP contribution in [0.2, 0.25) is 0 Å². The van der Waals surface area contributed by atoms with E-state index < -0.39 is 0 Å². The van der Waals surface area contributed by atoms with Crippen molar-refractivity contribution in [2.24, 2.45) is 0 Å². The molecular formula is C14H21ClN4O2. The number of halogens is 1. The van der Waals surface area contributed by atoms with Crippen molar-refractivity contribution in [1.82, 2.24) is 19.5 Å². The maximum Gasteiger partial charge on any atom is 0.245 e. The van der Waals surface area contributed by atoms with E-state index >= 15 is 0 Å². The van der Waals surface area contributed by atoms with Crippen LogP contribution in [0.25, 0.3) is 11.2 Å². The Kier molecular flexibility index (Phi) is 5.76. The first-order valence-electron chi connectivity index (χ1n) is 7.07. The Balaban J connectivity index is 2.25. The summed E-state index contributed by atoms with van der Waals surface area (Å²) in [5.74, 6) is 1.29. The molecule has 0 aromatic carbocycles. The van der Waals surface area contributed by atoms with Crippen LogP contribution in [0.15, 0.2) is 6.33 Å². The maximum absolute atomic E-state index is 6.25. The Hall–Kier alpha value is -1.40. The van der Waals surface area contributed by atoms with Crippen molar-refractivity contribution in [2.45, 2.75) is 38.1 Å². The number of unbranched alkanes of at least 4 members (excludes halogenated alkanes) is 2. The number of alkyl halides is 1. The Morgan fingerprint density at radius 1 is 1.24 bits per heavy atom. The standard InChI is InChI=1S/C14H21ClN4O2/c1-10(15)12-18-11-13(16-9-17-14(11)21-3)19(12)7-5-4-6-8-20-2/h9-10H,4-8H2,1-3H3. The summed E-state index contributed by atoms with van der Waals surface area (Å²) in [4.78, 5) is 13.0. The second-order valence-corrected chi connectivity index (χ2v) is 5.50. The molecule has 1 atom stereocenters. The molecule has 0 saturated heterocycles. The van der Waals surface area contributed by atoms with Crippen LogP contribution in [0.4, 0.5) is 0 Å². The summed E-state index contributed by atoms with van der Waals surface area (Å²) in [5, 5.41) is -0.192. The van der Waals surface area contributed by atoms with E-state index in [1.807, 2.05) is 6.92 Å². The number of hydrogen-bond acceptors (Lipinski definition) is 5. The van der Waals surface area contributed by atoms with Crippen molar-refractivity contribution in [3.8, 4) is 5.88 Å².